The molecule has 1 aromatic heterocycles. The molecular formula is C16H30N4. The zero-order chi connectivity index (χ0) is 14.7. The standard InChI is InChI=1S/C16H30N4/c1-5-14-9-7-6-8-10-20(14)16-15(11-12(2)17)13(3)18-19(16)4/h12,14H,5-11,17H2,1-4H3. The third-order valence-electron chi connectivity index (χ3n) is 4.46. The third kappa shape index (κ3) is 3.17. The Bertz CT molecular complexity index is 436. The van der Waals surface area contributed by atoms with Crippen LogP contribution in [0.25, 0.3) is 0 Å². The van der Waals surface area contributed by atoms with Crippen molar-refractivity contribution in [3.63, 3.8) is 0 Å². The van der Waals surface area contributed by atoms with Crippen LogP contribution in [-0.4, -0.2) is 28.4 Å². The van der Waals surface area contributed by atoms with Crippen LogP contribution in [0.1, 0.15) is 57.2 Å². The number of aromatic nitrogens is 2. The molecule has 0 saturated carbocycles. The third-order valence-corrected chi connectivity index (χ3v) is 4.46. The lowest BCUT2D eigenvalue weighted by Gasteiger charge is -2.32. The largest absolute Gasteiger partial charge is 0.354 e. The van der Waals surface area contributed by atoms with Crippen LogP contribution in [0.3, 0.4) is 0 Å². The average Bonchev–Trinajstić information content (AvgIpc) is 2.57. The Labute approximate surface area is 123 Å². The number of rotatable bonds is 4. The first kappa shape index (κ1) is 15.4. The van der Waals surface area contributed by atoms with Gasteiger partial charge in [-0.2, -0.15) is 5.10 Å². The van der Waals surface area contributed by atoms with Crippen LogP contribution in [0.4, 0.5) is 5.82 Å². The summed E-state index contributed by atoms with van der Waals surface area (Å²) in [7, 11) is 2.07. The van der Waals surface area contributed by atoms with Gasteiger partial charge in [-0.25, -0.2) is 0 Å². The van der Waals surface area contributed by atoms with Gasteiger partial charge in [-0.3, -0.25) is 4.68 Å². The lowest BCUT2D eigenvalue weighted by molar-refractivity contribution is 0.539. The molecule has 1 aliphatic heterocycles. The molecule has 1 fully saturated rings. The van der Waals surface area contributed by atoms with Crippen LogP contribution in [0.2, 0.25) is 0 Å². The highest BCUT2D eigenvalue weighted by molar-refractivity contribution is 5.51. The molecule has 2 unspecified atom stereocenters. The van der Waals surface area contributed by atoms with Crippen molar-refractivity contribution in [1.82, 2.24) is 9.78 Å². The second-order valence-electron chi connectivity index (χ2n) is 6.30. The quantitative estimate of drug-likeness (QED) is 0.921. The smallest absolute Gasteiger partial charge is 0.130 e. The Balaban J connectivity index is 2.38. The Morgan fingerprint density at radius 1 is 1.35 bits per heavy atom. The van der Waals surface area contributed by atoms with Gasteiger partial charge in [-0.05, 0) is 39.5 Å². The Morgan fingerprint density at radius 3 is 2.75 bits per heavy atom. The van der Waals surface area contributed by atoms with Gasteiger partial charge in [0.15, 0.2) is 0 Å². The van der Waals surface area contributed by atoms with E-state index in [-0.39, 0.29) is 6.04 Å². The van der Waals surface area contributed by atoms with Crippen LogP contribution in [-0.2, 0) is 13.5 Å². The van der Waals surface area contributed by atoms with Crippen molar-refractivity contribution < 1.29 is 0 Å². The van der Waals surface area contributed by atoms with E-state index in [1.54, 1.807) is 0 Å². The Kier molecular flexibility index (Phi) is 5.08. The van der Waals surface area contributed by atoms with Gasteiger partial charge in [0, 0.05) is 31.2 Å². The minimum Gasteiger partial charge on any atom is -0.354 e. The number of anilines is 1. The van der Waals surface area contributed by atoms with Crippen LogP contribution < -0.4 is 10.6 Å². The van der Waals surface area contributed by atoms with Gasteiger partial charge in [-0.1, -0.05) is 19.8 Å². The molecule has 4 heteroatoms. The van der Waals surface area contributed by atoms with Crippen molar-refractivity contribution in [3.05, 3.63) is 11.3 Å². The van der Waals surface area contributed by atoms with Crippen molar-refractivity contribution in [1.29, 1.82) is 0 Å². The highest BCUT2D eigenvalue weighted by Gasteiger charge is 2.26. The molecule has 2 rings (SSSR count). The van der Waals surface area contributed by atoms with Crippen LogP contribution in [0, 0.1) is 6.92 Å². The molecular weight excluding hydrogens is 248 g/mol. The first-order chi connectivity index (χ1) is 9.54. The van der Waals surface area contributed by atoms with Crippen molar-refractivity contribution >= 4 is 5.82 Å². The van der Waals surface area contributed by atoms with Gasteiger partial charge >= 0.3 is 0 Å². The lowest BCUT2D eigenvalue weighted by atomic mass is 10.0. The first-order valence-corrected chi connectivity index (χ1v) is 8.09. The molecule has 4 nitrogen and oxygen atoms in total. The van der Waals surface area contributed by atoms with E-state index in [0.29, 0.717) is 6.04 Å². The minimum atomic E-state index is 0.184. The van der Waals surface area contributed by atoms with Crippen LogP contribution >= 0.6 is 0 Å². The van der Waals surface area contributed by atoms with E-state index in [2.05, 4.69) is 42.5 Å². The highest BCUT2D eigenvalue weighted by atomic mass is 15.4. The summed E-state index contributed by atoms with van der Waals surface area (Å²) in [4.78, 5) is 2.60. The van der Waals surface area contributed by atoms with Gasteiger partial charge < -0.3 is 10.6 Å². The summed E-state index contributed by atoms with van der Waals surface area (Å²) in [5, 5.41) is 4.66. The van der Waals surface area contributed by atoms with Gasteiger partial charge in [-0.15, -0.1) is 0 Å². The highest BCUT2D eigenvalue weighted by Crippen LogP contribution is 2.30. The number of nitrogens with two attached hydrogens (primary N) is 1. The topological polar surface area (TPSA) is 47.1 Å². The second-order valence-corrected chi connectivity index (χ2v) is 6.30. The molecule has 1 aromatic rings. The van der Waals surface area contributed by atoms with Gasteiger partial charge in [0.2, 0.25) is 0 Å². The summed E-state index contributed by atoms with van der Waals surface area (Å²) >= 11 is 0. The molecule has 20 heavy (non-hydrogen) atoms. The molecule has 0 amide bonds. The maximum atomic E-state index is 6.04. The zero-order valence-corrected chi connectivity index (χ0v) is 13.5. The molecule has 2 heterocycles. The minimum absolute atomic E-state index is 0.184. The number of hydrogen-bond donors (Lipinski definition) is 1. The fraction of sp³-hybridized carbons (Fsp3) is 0.812. The normalized spacial score (nSPS) is 21.9. The van der Waals surface area contributed by atoms with Crippen LogP contribution in [0.15, 0.2) is 0 Å². The van der Waals surface area contributed by atoms with E-state index in [0.717, 1.165) is 18.7 Å². The molecule has 2 N–H and O–H groups in total. The predicted octanol–water partition coefficient (Wildman–Crippen LogP) is 2.78. The Morgan fingerprint density at radius 2 is 2.10 bits per heavy atom. The lowest BCUT2D eigenvalue weighted by Crippen LogP contribution is -2.36. The van der Waals surface area contributed by atoms with E-state index in [1.165, 1.54) is 43.5 Å². The number of hydrogen-bond acceptors (Lipinski definition) is 3. The zero-order valence-electron chi connectivity index (χ0n) is 13.5. The second kappa shape index (κ2) is 6.61. The van der Waals surface area contributed by atoms with E-state index >= 15 is 0 Å². The molecule has 114 valence electrons. The van der Waals surface area contributed by atoms with E-state index in [9.17, 15) is 0 Å². The maximum absolute atomic E-state index is 6.04. The summed E-state index contributed by atoms with van der Waals surface area (Å²) in [6.07, 6.45) is 7.43. The average molecular weight is 278 g/mol. The molecule has 0 aliphatic carbocycles. The summed E-state index contributed by atoms with van der Waals surface area (Å²) in [6, 6.07) is 0.836. The van der Waals surface area contributed by atoms with Crippen molar-refractivity contribution in [3.8, 4) is 0 Å². The summed E-state index contributed by atoms with van der Waals surface area (Å²) in [5.41, 5.74) is 8.53. The monoisotopic (exact) mass is 278 g/mol. The SMILES string of the molecule is CCC1CCCCCN1c1c(CC(C)N)c(C)nn1C. The fourth-order valence-corrected chi connectivity index (χ4v) is 3.49. The maximum Gasteiger partial charge on any atom is 0.130 e. The Hall–Kier alpha value is -1.03. The van der Waals surface area contributed by atoms with Gasteiger partial charge in [0.25, 0.3) is 0 Å². The molecule has 2 atom stereocenters. The van der Waals surface area contributed by atoms with Gasteiger partial charge in [0.1, 0.15) is 5.82 Å². The molecule has 0 spiro atoms. The van der Waals surface area contributed by atoms with Crippen molar-refractivity contribution in [2.75, 3.05) is 11.4 Å². The number of nitrogens with zero attached hydrogens (tertiary/aromatic N) is 3. The van der Waals surface area contributed by atoms with Crippen molar-refractivity contribution in [2.24, 2.45) is 12.8 Å². The molecule has 0 bridgehead atoms. The van der Waals surface area contributed by atoms with E-state index in [4.69, 9.17) is 5.73 Å². The van der Waals surface area contributed by atoms with Gasteiger partial charge in [0.05, 0.1) is 5.69 Å². The molecule has 1 aliphatic rings. The van der Waals surface area contributed by atoms with Crippen molar-refractivity contribution in [2.45, 2.75) is 71.4 Å². The molecule has 1 saturated heterocycles. The molecule has 0 aromatic carbocycles. The summed E-state index contributed by atoms with van der Waals surface area (Å²) in [5.74, 6) is 1.31. The molecule has 0 radical (unpaired) electrons. The fourth-order valence-electron chi connectivity index (χ4n) is 3.49. The summed E-state index contributed by atoms with van der Waals surface area (Å²) < 4.78 is 2.07. The predicted molar refractivity (Wildman–Crippen MR) is 85.2 cm³/mol. The van der Waals surface area contributed by atoms with Crippen LogP contribution in [0.5, 0.6) is 0 Å². The summed E-state index contributed by atoms with van der Waals surface area (Å²) in [6.45, 7) is 7.65. The number of aryl methyl sites for hydroxylation is 2. The van der Waals surface area contributed by atoms with E-state index < -0.39 is 0 Å². The van der Waals surface area contributed by atoms with E-state index in [1.807, 2.05) is 0 Å². The first-order valence-electron chi connectivity index (χ1n) is 8.09.